The van der Waals surface area contributed by atoms with Crippen molar-refractivity contribution in [3.63, 3.8) is 0 Å². The molecule has 1 aromatic heterocycles. The average molecular weight is 313 g/mol. The zero-order chi connectivity index (χ0) is 15.4. The van der Waals surface area contributed by atoms with Gasteiger partial charge in [0.1, 0.15) is 17.3 Å². The van der Waals surface area contributed by atoms with Gasteiger partial charge in [0.15, 0.2) is 10.9 Å². The van der Waals surface area contributed by atoms with E-state index < -0.39 is 29.2 Å². The van der Waals surface area contributed by atoms with Crippen molar-refractivity contribution in [1.29, 1.82) is 0 Å². The van der Waals surface area contributed by atoms with Crippen molar-refractivity contribution in [3.8, 4) is 0 Å². The van der Waals surface area contributed by atoms with Gasteiger partial charge in [0.05, 0.1) is 5.75 Å². The summed E-state index contributed by atoms with van der Waals surface area (Å²) in [6.45, 7) is 0. The lowest BCUT2D eigenvalue weighted by Crippen LogP contribution is -2.16. The fourth-order valence-corrected chi connectivity index (χ4v) is 2.06. The first-order chi connectivity index (χ1) is 9.97. The van der Waals surface area contributed by atoms with E-state index in [2.05, 4.69) is 15.3 Å². The molecule has 0 unspecified atom stereocenters. The Hall–Kier alpha value is -2.42. The molecule has 2 aromatic rings. The first-order valence-electron chi connectivity index (χ1n) is 5.62. The van der Waals surface area contributed by atoms with Gasteiger partial charge in [-0.15, -0.1) is 0 Å². The molecule has 6 nitrogen and oxygen atoms in total. The Morgan fingerprint density at radius 3 is 2.57 bits per heavy atom. The summed E-state index contributed by atoms with van der Waals surface area (Å²) in [5.74, 6) is -3.77. The molecule has 1 amide bonds. The van der Waals surface area contributed by atoms with Gasteiger partial charge in [-0.1, -0.05) is 17.8 Å². The summed E-state index contributed by atoms with van der Waals surface area (Å²) in [7, 11) is 0. The number of aromatic carboxylic acids is 1. The topological polar surface area (TPSA) is 95.1 Å². The number of nitrogens with zero attached hydrogens (tertiary/aromatic N) is 1. The van der Waals surface area contributed by atoms with Crippen molar-refractivity contribution in [1.82, 2.24) is 9.97 Å². The Morgan fingerprint density at radius 1 is 1.33 bits per heavy atom. The van der Waals surface area contributed by atoms with Gasteiger partial charge in [0.2, 0.25) is 5.91 Å². The van der Waals surface area contributed by atoms with Crippen LogP contribution in [0.25, 0.3) is 0 Å². The molecule has 0 aliphatic rings. The molecule has 0 aliphatic heterocycles. The predicted molar refractivity (Wildman–Crippen MR) is 71.3 cm³/mol. The van der Waals surface area contributed by atoms with E-state index in [1.807, 2.05) is 0 Å². The Morgan fingerprint density at radius 2 is 2.00 bits per heavy atom. The van der Waals surface area contributed by atoms with Crippen LogP contribution in [-0.4, -0.2) is 32.7 Å². The Bertz CT molecular complexity index is 670. The maximum atomic E-state index is 13.3. The minimum atomic E-state index is -1.20. The fraction of sp³-hybridized carbons (Fsp3) is 0.0833. The van der Waals surface area contributed by atoms with E-state index in [0.29, 0.717) is 0 Å². The van der Waals surface area contributed by atoms with Crippen molar-refractivity contribution in [2.75, 3.05) is 11.1 Å². The normalized spacial score (nSPS) is 10.4. The lowest BCUT2D eigenvalue weighted by Gasteiger charge is -2.06. The second-order valence-electron chi connectivity index (χ2n) is 3.83. The van der Waals surface area contributed by atoms with Gasteiger partial charge in [-0.2, -0.15) is 0 Å². The number of halogens is 2. The zero-order valence-corrected chi connectivity index (χ0v) is 11.2. The third-order valence-electron chi connectivity index (χ3n) is 2.34. The Kier molecular flexibility index (Phi) is 4.53. The number of hydrogen-bond acceptors (Lipinski definition) is 4. The average Bonchev–Trinajstić information content (AvgIpc) is 2.90. The van der Waals surface area contributed by atoms with Crippen LogP contribution in [0.3, 0.4) is 0 Å². The minimum Gasteiger partial charge on any atom is -0.476 e. The number of carbonyl (C=O) groups excluding carboxylic acids is 1. The van der Waals surface area contributed by atoms with E-state index in [4.69, 9.17) is 5.11 Å². The highest BCUT2D eigenvalue weighted by Crippen LogP contribution is 2.19. The van der Waals surface area contributed by atoms with E-state index in [-0.39, 0.29) is 16.6 Å². The smallest absolute Gasteiger partial charge is 0.356 e. The summed E-state index contributed by atoms with van der Waals surface area (Å²) in [6.07, 6.45) is 1.18. The van der Waals surface area contributed by atoms with Gasteiger partial charge in [-0.25, -0.2) is 18.6 Å². The van der Waals surface area contributed by atoms with E-state index in [1.165, 1.54) is 12.3 Å². The number of thioether (sulfide) groups is 1. The van der Waals surface area contributed by atoms with Gasteiger partial charge in [0, 0.05) is 6.20 Å². The number of carbonyl (C=O) groups is 2. The van der Waals surface area contributed by atoms with Gasteiger partial charge in [-0.05, 0) is 12.1 Å². The van der Waals surface area contributed by atoms with Crippen LogP contribution >= 0.6 is 11.8 Å². The molecule has 0 bridgehead atoms. The first-order valence-corrected chi connectivity index (χ1v) is 6.61. The molecule has 1 aromatic carbocycles. The number of benzene rings is 1. The van der Waals surface area contributed by atoms with Crippen LogP contribution in [-0.2, 0) is 4.79 Å². The lowest BCUT2D eigenvalue weighted by molar-refractivity contribution is -0.113. The molecule has 0 atom stereocenters. The molecular weight excluding hydrogens is 304 g/mol. The number of anilines is 1. The Balaban J connectivity index is 1.94. The minimum absolute atomic E-state index is 0.180. The zero-order valence-electron chi connectivity index (χ0n) is 10.4. The maximum Gasteiger partial charge on any atom is 0.356 e. The van der Waals surface area contributed by atoms with Crippen molar-refractivity contribution in [2.24, 2.45) is 0 Å². The number of aromatic nitrogens is 2. The number of imidazole rings is 1. The van der Waals surface area contributed by atoms with E-state index in [0.717, 1.165) is 23.9 Å². The van der Waals surface area contributed by atoms with Crippen LogP contribution in [0.2, 0.25) is 0 Å². The van der Waals surface area contributed by atoms with Crippen molar-refractivity contribution in [2.45, 2.75) is 5.16 Å². The van der Waals surface area contributed by atoms with Crippen LogP contribution in [0.5, 0.6) is 0 Å². The highest BCUT2D eigenvalue weighted by atomic mass is 32.2. The summed E-state index contributed by atoms with van der Waals surface area (Å²) < 4.78 is 26.6. The van der Waals surface area contributed by atoms with Crippen LogP contribution in [0.4, 0.5) is 14.5 Å². The molecular formula is C12H9F2N3O3S. The van der Waals surface area contributed by atoms with Crippen LogP contribution in [0, 0.1) is 11.6 Å². The number of H-pyrrole nitrogens is 1. The summed E-state index contributed by atoms with van der Waals surface area (Å²) >= 11 is 0.911. The monoisotopic (exact) mass is 313 g/mol. The maximum absolute atomic E-state index is 13.3. The number of rotatable bonds is 5. The number of carboxylic acid groups (broad SMARTS) is 1. The van der Waals surface area contributed by atoms with Crippen LogP contribution in [0.15, 0.2) is 29.6 Å². The number of para-hydroxylation sites is 1. The number of hydrogen-bond donors (Lipinski definition) is 3. The highest BCUT2D eigenvalue weighted by Gasteiger charge is 2.13. The second-order valence-corrected chi connectivity index (χ2v) is 4.79. The molecule has 0 saturated carbocycles. The van der Waals surface area contributed by atoms with Crippen molar-refractivity contribution in [3.05, 3.63) is 41.7 Å². The summed E-state index contributed by atoms with van der Waals surface area (Å²) in [4.78, 5) is 28.5. The number of aromatic amines is 1. The predicted octanol–water partition coefficient (Wildman–Crippen LogP) is 2.12. The van der Waals surface area contributed by atoms with Crippen LogP contribution < -0.4 is 5.32 Å². The number of amides is 1. The SMILES string of the molecule is O=C(CSc1nc(C(=O)O)c[nH]1)Nc1c(F)cccc1F. The first kappa shape index (κ1) is 15.0. The van der Waals surface area contributed by atoms with Crippen molar-refractivity contribution < 1.29 is 23.5 Å². The molecule has 0 spiro atoms. The van der Waals surface area contributed by atoms with Gasteiger partial charge < -0.3 is 15.4 Å². The third kappa shape index (κ3) is 3.78. The molecule has 2 rings (SSSR count). The second kappa shape index (κ2) is 6.35. The summed E-state index contributed by atoms with van der Waals surface area (Å²) in [5.41, 5.74) is -0.702. The largest absolute Gasteiger partial charge is 0.476 e. The highest BCUT2D eigenvalue weighted by molar-refractivity contribution is 7.99. The number of carboxylic acids is 1. The standard InChI is InChI=1S/C12H9F2N3O3S/c13-6-2-1-3-7(14)10(6)17-9(18)5-21-12-15-4-8(16-12)11(19)20/h1-4H,5H2,(H,15,16)(H,17,18)(H,19,20). The summed E-state index contributed by atoms with van der Waals surface area (Å²) in [5, 5.41) is 11.0. The molecule has 0 fully saturated rings. The molecule has 0 radical (unpaired) electrons. The van der Waals surface area contributed by atoms with Crippen LogP contribution in [0.1, 0.15) is 10.5 Å². The van der Waals surface area contributed by atoms with Crippen molar-refractivity contribution >= 4 is 29.3 Å². The van der Waals surface area contributed by atoms with Gasteiger partial charge in [0.25, 0.3) is 0 Å². The number of nitrogens with one attached hydrogen (secondary N) is 2. The molecule has 0 saturated heterocycles. The quantitative estimate of drug-likeness (QED) is 0.735. The lowest BCUT2D eigenvalue weighted by atomic mass is 10.3. The van der Waals surface area contributed by atoms with E-state index in [1.54, 1.807) is 0 Å². The molecule has 9 heteroatoms. The van der Waals surface area contributed by atoms with Gasteiger partial charge >= 0.3 is 5.97 Å². The molecule has 3 N–H and O–H groups in total. The molecule has 0 aliphatic carbocycles. The molecule has 21 heavy (non-hydrogen) atoms. The Labute approximate surface area is 121 Å². The third-order valence-corrected chi connectivity index (χ3v) is 3.23. The van der Waals surface area contributed by atoms with Gasteiger partial charge in [-0.3, -0.25) is 4.79 Å². The fourth-order valence-electron chi connectivity index (χ4n) is 1.41. The molecule has 1 heterocycles. The molecule has 110 valence electrons. The summed E-state index contributed by atoms with van der Waals surface area (Å²) in [6, 6.07) is 3.24. The van der Waals surface area contributed by atoms with E-state index >= 15 is 0 Å². The van der Waals surface area contributed by atoms with E-state index in [9.17, 15) is 18.4 Å².